The maximum Gasteiger partial charge on any atom is 0.238 e. The number of fused-ring (bicyclic) bond motifs is 1. The Balaban J connectivity index is 1.36. The van der Waals surface area contributed by atoms with E-state index >= 15 is 0 Å². The van der Waals surface area contributed by atoms with Gasteiger partial charge in [0.2, 0.25) is 11.8 Å². The van der Waals surface area contributed by atoms with Crippen molar-refractivity contribution in [3.05, 3.63) is 59.7 Å². The van der Waals surface area contributed by atoms with E-state index in [2.05, 4.69) is 34.5 Å². The number of hydrogen-bond donors (Lipinski definition) is 1. The van der Waals surface area contributed by atoms with Gasteiger partial charge in [-0.05, 0) is 68.1 Å². The van der Waals surface area contributed by atoms with Crippen molar-refractivity contribution in [2.24, 2.45) is 0 Å². The Morgan fingerprint density at radius 1 is 1.11 bits per heavy atom. The van der Waals surface area contributed by atoms with Crippen LogP contribution in [0, 0.1) is 0 Å². The van der Waals surface area contributed by atoms with Gasteiger partial charge in [-0.3, -0.25) is 14.5 Å². The van der Waals surface area contributed by atoms with Crippen LogP contribution in [0.15, 0.2) is 48.5 Å². The third kappa shape index (κ3) is 3.94. The number of nitrogens with zero attached hydrogens (tertiary/aromatic N) is 2. The third-order valence-electron chi connectivity index (χ3n) is 5.80. The van der Waals surface area contributed by atoms with Crippen molar-refractivity contribution in [1.29, 1.82) is 0 Å². The standard InChI is InChI=1S/C23H27N3O2/c1-25(21-9-4-7-17-6-2-3-8-20(17)21)16-22(27)24-18-11-13-19(14-12-18)26-15-5-10-23(26)28/h2-3,6,8,11-14,21H,4-5,7,9-10,15-16H2,1H3,(H,24,27)/t21-/m0/s1. The molecule has 0 bridgehead atoms. The second-order valence-electron chi connectivity index (χ2n) is 7.77. The van der Waals surface area contributed by atoms with E-state index in [0.717, 1.165) is 43.6 Å². The minimum atomic E-state index is -0.0180. The summed E-state index contributed by atoms with van der Waals surface area (Å²) >= 11 is 0. The Kier molecular flexibility index (Phi) is 5.44. The van der Waals surface area contributed by atoms with Crippen LogP contribution in [0.25, 0.3) is 0 Å². The average Bonchev–Trinajstić information content (AvgIpc) is 3.14. The normalized spacial score (nSPS) is 19.0. The number of aryl methyl sites for hydroxylation is 1. The molecule has 0 aromatic heterocycles. The van der Waals surface area contributed by atoms with Gasteiger partial charge in [0, 0.05) is 30.4 Å². The lowest BCUT2D eigenvalue weighted by molar-refractivity contribution is -0.118. The van der Waals surface area contributed by atoms with E-state index in [1.54, 1.807) is 4.90 Å². The predicted octanol–water partition coefficient (Wildman–Crippen LogP) is 3.76. The number of likely N-dealkylation sites (N-methyl/N-ethyl adjacent to an activating group) is 1. The number of carbonyl (C=O) groups excluding carboxylic acids is 2. The highest BCUT2D eigenvalue weighted by Crippen LogP contribution is 2.33. The van der Waals surface area contributed by atoms with E-state index in [1.165, 1.54) is 11.1 Å². The fourth-order valence-electron chi connectivity index (χ4n) is 4.37. The lowest BCUT2D eigenvalue weighted by atomic mass is 9.87. The van der Waals surface area contributed by atoms with Gasteiger partial charge >= 0.3 is 0 Å². The van der Waals surface area contributed by atoms with Gasteiger partial charge < -0.3 is 10.2 Å². The summed E-state index contributed by atoms with van der Waals surface area (Å²) in [6.07, 6.45) is 4.89. The zero-order valence-electron chi connectivity index (χ0n) is 16.4. The van der Waals surface area contributed by atoms with Crippen LogP contribution < -0.4 is 10.2 Å². The molecule has 4 rings (SSSR count). The van der Waals surface area contributed by atoms with Crippen LogP contribution in [0.3, 0.4) is 0 Å². The summed E-state index contributed by atoms with van der Waals surface area (Å²) in [6, 6.07) is 16.4. The molecule has 2 amide bonds. The Morgan fingerprint density at radius 3 is 2.64 bits per heavy atom. The highest BCUT2D eigenvalue weighted by atomic mass is 16.2. The Morgan fingerprint density at radius 2 is 1.89 bits per heavy atom. The number of carbonyl (C=O) groups is 2. The van der Waals surface area contributed by atoms with E-state index in [0.29, 0.717) is 19.0 Å². The topological polar surface area (TPSA) is 52.7 Å². The van der Waals surface area contributed by atoms with Crippen LogP contribution in [0.4, 0.5) is 11.4 Å². The number of amides is 2. The van der Waals surface area contributed by atoms with E-state index in [-0.39, 0.29) is 11.8 Å². The van der Waals surface area contributed by atoms with Gasteiger partial charge in [0.05, 0.1) is 6.54 Å². The molecule has 28 heavy (non-hydrogen) atoms. The number of anilines is 2. The molecule has 1 N–H and O–H groups in total. The number of benzene rings is 2. The van der Waals surface area contributed by atoms with E-state index in [4.69, 9.17) is 0 Å². The summed E-state index contributed by atoms with van der Waals surface area (Å²) in [4.78, 5) is 28.3. The first-order valence-corrected chi connectivity index (χ1v) is 10.1. The van der Waals surface area contributed by atoms with Crippen molar-refractivity contribution in [3.8, 4) is 0 Å². The van der Waals surface area contributed by atoms with Crippen molar-refractivity contribution >= 4 is 23.2 Å². The Hall–Kier alpha value is -2.66. The van der Waals surface area contributed by atoms with Gasteiger partial charge in [0.25, 0.3) is 0 Å². The first-order valence-electron chi connectivity index (χ1n) is 10.1. The van der Waals surface area contributed by atoms with Crippen LogP contribution in [0.1, 0.15) is 42.9 Å². The molecule has 1 heterocycles. The molecular weight excluding hydrogens is 350 g/mol. The smallest absolute Gasteiger partial charge is 0.238 e. The molecule has 1 fully saturated rings. The quantitative estimate of drug-likeness (QED) is 0.863. The molecule has 1 aliphatic heterocycles. The van der Waals surface area contributed by atoms with Crippen LogP contribution >= 0.6 is 0 Å². The van der Waals surface area contributed by atoms with Crippen LogP contribution in [0.2, 0.25) is 0 Å². The molecule has 5 nitrogen and oxygen atoms in total. The summed E-state index contributed by atoms with van der Waals surface area (Å²) in [5.74, 6) is 0.154. The Bertz CT molecular complexity index is 862. The van der Waals surface area contributed by atoms with Crippen molar-refractivity contribution < 1.29 is 9.59 Å². The molecule has 0 radical (unpaired) electrons. The van der Waals surface area contributed by atoms with Crippen LogP contribution in [-0.4, -0.2) is 36.9 Å². The van der Waals surface area contributed by atoms with Gasteiger partial charge in [-0.1, -0.05) is 24.3 Å². The fourth-order valence-corrected chi connectivity index (χ4v) is 4.37. The van der Waals surface area contributed by atoms with Crippen molar-refractivity contribution in [1.82, 2.24) is 4.90 Å². The molecule has 2 aliphatic rings. The van der Waals surface area contributed by atoms with Crippen molar-refractivity contribution in [2.75, 3.05) is 30.4 Å². The van der Waals surface area contributed by atoms with Gasteiger partial charge in [0.15, 0.2) is 0 Å². The molecule has 2 aromatic rings. The number of nitrogens with one attached hydrogen (secondary N) is 1. The van der Waals surface area contributed by atoms with Gasteiger partial charge in [-0.15, -0.1) is 0 Å². The summed E-state index contributed by atoms with van der Waals surface area (Å²) in [5.41, 5.74) is 4.41. The second-order valence-corrected chi connectivity index (χ2v) is 7.77. The largest absolute Gasteiger partial charge is 0.325 e. The predicted molar refractivity (Wildman–Crippen MR) is 111 cm³/mol. The third-order valence-corrected chi connectivity index (χ3v) is 5.80. The number of rotatable bonds is 5. The van der Waals surface area contributed by atoms with E-state index in [9.17, 15) is 9.59 Å². The second kappa shape index (κ2) is 8.15. The highest BCUT2D eigenvalue weighted by molar-refractivity contribution is 5.96. The first-order chi connectivity index (χ1) is 13.6. The van der Waals surface area contributed by atoms with E-state index < -0.39 is 0 Å². The zero-order chi connectivity index (χ0) is 19.5. The van der Waals surface area contributed by atoms with Crippen molar-refractivity contribution in [2.45, 2.75) is 38.1 Å². The molecular formula is C23H27N3O2. The van der Waals surface area contributed by atoms with Gasteiger partial charge in [-0.2, -0.15) is 0 Å². The molecule has 1 aliphatic carbocycles. The molecule has 5 heteroatoms. The maximum atomic E-state index is 12.6. The lowest BCUT2D eigenvalue weighted by Crippen LogP contribution is -2.34. The molecule has 146 valence electrons. The SMILES string of the molecule is CN(CC(=O)Nc1ccc(N2CCCC2=O)cc1)[C@H]1CCCc2ccccc21. The monoisotopic (exact) mass is 377 g/mol. The molecule has 2 aromatic carbocycles. The molecule has 0 unspecified atom stereocenters. The molecule has 1 atom stereocenters. The molecule has 0 saturated carbocycles. The van der Waals surface area contributed by atoms with Crippen molar-refractivity contribution in [3.63, 3.8) is 0 Å². The lowest BCUT2D eigenvalue weighted by Gasteiger charge is -2.32. The average molecular weight is 377 g/mol. The van der Waals surface area contributed by atoms with Crippen LogP contribution in [-0.2, 0) is 16.0 Å². The minimum Gasteiger partial charge on any atom is -0.325 e. The maximum absolute atomic E-state index is 12.6. The Labute approximate surface area is 166 Å². The van der Waals surface area contributed by atoms with E-state index in [1.807, 2.05) is 31.3 Å². The summed E-state index contributed by atoms with van der Waals surface area (Å²) in [5, 5.41) is 2.98. The highest BCUT2D eigenvalue weighted by Gasteiger charge is 2.25. The summed E-state index contributed by atoms with van der Waals surface area (Å²) < 4.78 is 0. The number of hydrogen-bond acceptors (Lipinski definition) is 3. The first kappa shape index (κ1) is 18.7. The summed E-state index contributed by atoms with van der Waals surface area (Å²) in [6.45, 7) is 1.13. The summed E-state index contributed by atoms with van der Waals surface area (Å²) in [7, 11) is 2.02. The minimum absolute atomic E-state index is 0.0180. The molecule has 0 spiro atoms. The van der Waals surface area contributed by atoms with Gasteiger partial charge in [0.1, 0.15) is 0 Å². The fraction of sp³-hybridized carbons (Fsp3) is 0.391. The molecule has 1 saturated heterocycles. The van der Waals surface area contributed by atoms with Gasteiger partial charge in [-0.25, -0.2) is 0 Å². The van der Waals surface area contributed by atoms with Crippen LogP contribution in [0.5, 0.6) is 0 Å². The zero-order valence-corrected chi connectivity index (χ0v) is 16.4.